The van der Waals surface area contributed by atoms with Gasteiger partial charge in [0.25, 0.3) is 0 Å². The SMILES string of the molecule is CNS(=O)(=O)c1cccc(CNC(=O)N2CCOC[C@H]2C)c1. The first-order chi connectivity index (χ1) is 10.4. The molecule has 1 fully saturated rings. The fraction of sp³-hybridized carbons (Fsp3) is 0.500. The highest BCUT2D eigenvalue weighted by Crippen LogP contribution is 2.11. The monoisotopic (exact) mass is 327 g/mol. The number of rotatable bonds is 4. The van der Waals surface area contributed by atoms with E-state index in [4.69, 9.17) is 4.74 Å². The molecule has 1 heterocycles. The Morgan fingerprint density at radius 1 is 1.45 bits per heavy atom. The Labute approximate surface area is 130 Å². The van der Waals surface area contributed by atoms with Crippen LogP contribution in [0.1, 0.15) is 12.5 Å². The van der Waals surface area contributed by atoms with Crippen LogP contribution in [0.2, 0.25) is 0 Å². The lowest BCUT2D eigenvalue weighted by Gasteiger charge is -2.33. The topological polar surface area (TPSA) is 87.7 Å². The quantitative estimate of drug-likeness (QED) is 0.844. The zero-order chi connectivity index (χ0) is 16.2. The van der Waals surface area contributed by atoms with E-state index in [9.17, 15) is 13.2 Å². The molecule has 1 atom stereocenters. The summed E-state index contributed by atoms with van der Waals surface area (Å²) in [6.45, 7) is 3.83. The highest BCUT2D eigenvalue weighted by molar-refractivity contribution is 7.89. The molecule has 2 rings (SSSR count). The van der Waals surface area contributed by atoms with E-state index >= 15 is 0 Å². The number of sulfonamides is 1. The molecule has 1 aromatic rings. The van der Waals surface area contributed by atoms with Gasteiger partial charge in [0.1, 0.15) is 0 Å². The third-order valence-electron chi connectivity index (χ3n) is 3.55. The number of morpholine rings is 1. The first kappa shape index (κ1) is 16.7. The van der Waals surface area contributed by atoms with Crippen LogP contribution in [0.25, 0.3) is 0 Å². The van der Waals surface area contributed by atoms with Crippen molar-refractivity contribution in [2.45, 2.75) is 24.4 Å². The van der Waals surface area contributed by atoms with Crippen LogP contribution in [0.3, 0.4) is 0 Å². The molecule has 0 radical (unpaired) electrons. The van der Waals surface area contributed by atoms with Gasteiger partial charge in [0.15, 0.2) is 0 Å². The Balaban J connectivity index is 2.00. The van der Waals surface area contributed by atoms with Crippen LogP contribution in [0.15, 0.2) is 29.2 Å². The van der Waals surface area contributed by atoms with Crippen molar-refractivity contribution in [3.8, 4) is 0 Å². The second-order valence-electron chi connectivity index (χ2n) is 5.13. The van der Waals surface area contributed by atoms with Crippen molar-refractivity contribution in [2.75, 3.05) is 26.8 Å². The number of amides is 2. The molecule has 1 aromatic carbocycles. The van der Waals surface area contributed by atoms with Crippen molar-refractivity contribution >= 4 is 16.1 Å². The van der Waals surface area contributed by atoms with Crippen LogP contribution in [-0.4, -0.2) is 52.2 Å². The average molecular weight is 327 g/mol. The van der Waals surface area contributed by atoms with Crippen molar-refractivity contribution in [3.05, 3.63) is 29.8 Å². The van der Waals surface area contributed by atoms with Gasteiger partial charge >= 0.3 is 6.03 Å². The molecule has 0 saturated carbocycles. The molecule has 1 saturated heterocycles. The van der Waals surface area contributed by atoms with Gasteiger partial charge in [0.05, 0.1) is 24.2 Å². The van der Waals surface area contributed by atoms with E-state index in [2.05, 4.69) is 10.0 Å². The molecule has 2 N–H and O–H groups in total. The summed E-state index contributed by atoms with van der Waals surface area (Å²) in [6, 6.07) is 6.36. The van der Waals surface area contributed by atoms with Gasteiger partial charge in [-0.2, -0.15) is 0 Å². The Hall–Kier alpha value is -1.64. The summed E-state index contributed by atoms with van der Waals surface area (Å²) in [5, 5.41) is 2.81. The maximum Gasteiger partial charge on any atom is 0.318 e. The molecule has 7 nitrogen and oxygen atoms in total. The number of nitrogens with zero attached hydrogens (tertiary/aromatic N) is 1. The van der Waals surface area contributed by atoms with Crippen LogP contribution in [0.5, 0.6) is 0 Å². The van der Waals surface area contributed by atoms with Crippen molar-refractivity contribution in [2.24, 2.45) is 0 Å². The zero-order valence-corrected chi connectivity index (χ0v) is 13.5. The van der Waals surface area contributed by atoms with Gasteiger partial charge in [-0.1, -0.05) is 12.1 Å². The number of nitrogens with one attached hydrogen (secondary N) is 2. The Bertz CT molecular complexity index is 633. The lowest BCUT2D eigenvalue weighted by molar-refractivity contribution is 0.0190. The highest BCUT2D eigenvalue weighted by Gasteiger charge is 2.23. The number of urea groups is 1. The van der Waals surface area contributed by atoms with Crippen molar-refractivity contribution in [1.82, 2.24) is 14.9 Å². The lowest BCUT2D eigenvalue weighted by Crippen LogP contribution is -2.51. The Kier molecular flexibility index (Phi) is 5.38. The number of ether oxygens (including phenoxy) is 1. The Morgan fingerprint density at radius 2 is 2.23 bits per heavy atom. The molecule has 0 unspecified atom stereocenters. The van der Waals surface area contributed by atoms with Crippen LogP contribution >= 0.6 is 0 Å². The van der Waals surface area contributed by atoms with E-state index in [1.807, 2.05) is 6.92 Å². The summed E-state index contributed by atoms with van der Waals surface area (Å²) in [5.74, 6) is 0. The van der Waals surface area contributed by atoms with Crippen LogP contribution in [0.4, 0.5) is 4.79 Å². The molecular formula is C14H21N3O4S. The maximum absolute atomic E-state index is 12.1. The van der Waals surface area contributed by atoms with Gasteiger partial charge in [-0.05, 0) is 31.7 Å². The van der Waals surface area contributed by atoms with Gasteiger partial charge in [0.2, 0.25) is 10.0 Å². The number of carbonyl (C=O) groups is 1. The number of carbonyl (C=O) groups excluding carboxylic acids is 1. The first-order valence-electron chi connectivity index (χ1n) is 7.09. The minimum Gasteiger partial charge on any atom is -0.377 e. The zero-order valence-electron chi connectivity index (χ0n) is 12.7. The summed E-state index contributed by atoms with van der Waals surface area (Å²) in [4.78, 5) is 14.1. The molecule has 1 aliphatic heterocycles. The molecule has 0 spiro atoms. The predicted molar refractivity (Wildman–Crippen MR) is 81.9 cm³/mol. The summed E-state index contributed by atoms with van der Waals surface area (Å²) < 4.78 is 31.1. The summed E-state index contributed by atoms with van der Waals surface area (Å²) in [5.41, 5.74) is 0.727. The number of benzene rings is 1. The van der Waals surface area contributed by atoms with E-state index < -0.39 is 10.0 Å². The second kappa shape index (κ2) is 7.08. The van der Waals surface area contributed by atoms with E-state index in [-0.39, 0.29) is 23.5 Å². The van der Waals surface area contributed by atoms with E-state index in [0.717, 1.165) is 5.56 Å². The first-order valence-corrected chi connectivity index (χ1v) is 8.57. The maximum atomic E-state index is 12.1. The summed E-state index contributed by atoms with van der Waals surface area (Å²) >= 11 is 0. The molecule has 22 heavy (non-hydrogen) atoms. The minimum absolute atomic E-state index is 0.0322. The fourth-order valence-electron chi connectivity index (χ4n) is 2.25. The lowest BCUT2D eigenvalue weighted by atomic mass is 10.2. The predicted octanol–water partition coefficient (Wildman–Crippen LogP) is 0.525. The smallest absolute Gasteiger partial charge is 0.318 e. The van der Waals surface area contributed by atoms with E-state index in [1.54, 1.807) is 23.1 Å². The van der Waals surface area contributed by atoms with Gasteiger partial charge < -0.3 is 15.0 Å². The highest BCUT2D eigenvalue weighted by atomic mass is 32.2. The van der Waals surface area contributed by atoms with Gasteiger partial charge in [-0.15, -0.1) is 0 Å². The molecule has 0 aromatic heterocycles. The molecule has 2 amide bonds. The average Bonchev–Trinajstić information content (AvgIpc) is 2.53. The molecule has 0 bridgehead atoms. The third kappa shape index (κ3) is 3.96. The van der Waals surface area contributed by atoms with Gasteiger partial charge in [-0.3, -0.25) is 0 Å². The number of hydrogen-bond acceptors (Lipinski definition) is 4. The van der Waals surface area contributed by atoms with Gasteiger partial charge in [0, 0.05) is 13.1 Å². The van der Waals surface area contributed by atoms with Gasteiger partial charge in [-0.25, -0.2) is 17.9 Å². The second-order valence-corrected chi connectivity index (χ2v) is 7.02. The summed E-state index contributed by atoms with van der Waals surface area (Å²) in [6.07, 6.45) is 0. The van der Waals surface area contributed by atoms with Crippen LogP contribution < -0.4 is 10.0 Å². The molecular weight excluding hydrogens is 306 g/mol. The molecule has 1 aliphatic rings. The third-order valence-corrected chi connectivity index (χ3v) is 4.96. The molecule has 0 aliphatic carbocycles. The number of hydrogen-bond donors (Lipinski definition) is 2. The fourth-order valence-corrected chi connectivity index (χ4v) is 3.05. The minimum atomic E-state index is -3.48. The Morgan fingerprint density at radius 3 is 2.91 bits per heavy atom. The normalized spacial score (nSPS) is 19.0. The largest absolute Gasteiger partial charge is 0.377 e. The van der Waals surface area contributed by atoms with Crippen LogP contribution in [-0.2, 0) is 21.3 Å². The van der Waals surface area contributed by atoms with Crippen molar-refractivity contribution in [3.63, 3.8) is 0 Å². The van der Waals surface area contributed by atoms with E-state index in [1.165, 1.54) is 13.1 Å². The van der Waals surface area contributed by atoms with Crippen LogP contribution in [0, 0.1) is 0 Å². The van der Waals surface area contributed by atoms with E-state index in [0.29, 0.717) is 19.8 Å². The summed E-state index contributed by atoms with van der Waals surface area (Å²) in [7, 11) is -2.11. The molecule has 122 valence electrons. The van der Waals surface area contributed by atoms with Crippen molar-refractivity contribution in [1.29, 1.82) is 0 Å². The van der Waals surface area contributed by atoms with Crippen molar-refractivity contribution < 1.29 is 17.9 Å². The standard InChI is InChI=1S/C14H21N3O4S/c1-11-10-21-7-6-17(11)14(18)16-9-12-4-3-5-13(8-12)22(19,20)15-2/h3-5,8,11,15H,6-7,9-10H2,1-2H3,(H,16,18)/t11-/m1/s1. The molecule has 8 heteroatoms.